The van der Waals surface area contributed by atoms with E-state index in [0.717, 1.165) is 6.42 Å². The maximum Gasteiger partial charge on any atom is 0.338 e. The highest BCUT2D eigenvalue weighted by Gasteiger charge is 2.24. The highest BCUT2D eigenvalue weighted by molar-refractivity contribution is 5.99. The standard InChI is InChI=1S/C20H24N4O4/c1-13(2)24-17(9-10-21-24)22-19(26)14(3)28-20(27)15-6-4-7-16(12-15)23-11-5-8-18(23)25/h4,6-7,9-10,12-14H,5,8,11H2,1-3H3,(H,22,26)/t14-/m1/s1. The zero-order chi connectivity index (χ0) is 20.3. The summed E-state index contributed by atoms with van der Waals surface area (Å²) in [6, 6.07) is 8.46. The van der Waals surface area contributed by atoms with E-state index >= 15 is 0 Å². The molecule has 2 amide bonds. The van der Waals surface area contributed by atoms with E-state index in [1.165, 1.54) is 6.92 Å². The van der Waals surface area contributed by atoms with Crippen LogP contribution in [0.4, 0.5) is 11.5 Å². The number of carbonyl (C=O) groups excluding carboxylic acids is 3. The van der Waals surface area contributed by atoms with Crippen LogP contribution >= 0.6 is 0 Å². The van der Waals surface area contributed by atoms with Gasteiger partial charge < -0.3 is 15.0 Å². The van der Waals surface area contributed by atoms with Crippen LogP contribution in [0.3, 0.4) is 0 Å². The topological polar surface area (TPSA) is 93.5 Å². The van der Waals surface area contributed by atoms with Crippen molar-refractivity contribution >= 4 is 29.3 Å². The van der Waals surface area contributed by atoms with E-state index in [1.807, 2.05) is 13.8 Å². The van der Waals surface area contributed by atoms with Gasteiger partial charge >= 0.3 is 5.97 Å². The third-order valence-corrected chi connectivity index (χ3v) is 4.53. The number of nitrogens with zero attached hydrogens (tertiary/aromatic N) is 3. The van der Waals surface area contributed by atoms with E-state index in [9.17, 15) is 14.4 Å². The second kappa shape index (κ2) is 8.24. The molecule has 3 rings (SSSR count). The predicted octanol–water partition coefficient (Wildman–Crippen LogP) is 2.77. The van der Waals surface area contributed by atoms with Gasteiger partial charge in [-0.15, -0.1) is 0 Å². The lowest BCUT2D eigenvalue weighted by Crippen LogP contribution is -2.31. The van der Waals surface area contributed by atoms with Gasteiger partial charge in [-0.2, -0.15) is 5.10 Å². The van der Waals surface area contributed by atoms with Crippen molar-refractivity contribution in [2.45, 2.75) is 45.8 Å². The highest BCUT2D eigenvalue weighted by Crippen LogP contribution is 2.23. The van der Waals surface area contributed by atoms with E-state index in [2.05, 4.69) is 10.4 Å². The van der Waals surface area contributed by atoms with Crippen LogP contribution in [0.5, 0.6) is 0 Å². The molecule has 148 valence electrons. The predicted molar refractivity (Wildman–Crippen MR) is 104 cm³/mol. The first-order valence-corrected chi connectivity index (χ1v) is 9.32. The number of amides is 2. The molecule has 1 saturated heterocycles. The molecule has 0 aliphatic carbocycles. The van der Waals surface area contributed by atoms with Gasteiger partial charge in [0.2, 0.25) is 5.91 Å². The molecule has 2 heterocycles. The SMILES string of the molecule is CC(C)n1nccc1NC(=O)[C@@H](C)OC(=O)c1cccc(N2CCCC2=O)c1. The van der Waals surface area contributed by atoms with Gasteiger partial charge in [-0.3, -0.25) is 9.59 Å². The Hall–Kier alpha value is -3.16. The Kier molecular flexibility index (Phi) is 5.77. The second-order valence-electron chi connectivity index (χ2n) is 6.99. The Morgan fingerprint density at radius 3 is 2.68 bits per heavy atom. The summed E-state index contributed by atoms with van der Waals surface area (Å²) in [4.78, 5) is 38.4. The van der Waals surface area contributed by atoms with Crippen LogP contribution in [0.15, 0.2) is 36.5 Å². The van der Waals surface area contributed by atoms with Crippen LogP contribution in [0.2, 0.25) is 0 Å². The number of carbonyl (C=O) groups is 3. The van der Waals surface area contributed by atoms with Gasteiger partial charge in [-0.25, -0.2) is 9.48 Å². The van der Waals surface area contributed by atoms with E-state index in [1.54, 1.807) is 46.1 Å². The lowest BCUT2D eigenvalue weighted by atomic mass is 10.2. The first-order chi connectivity index (χ1) is 13.4. The van der Waals surface area contributed by atoms with E-state index in [4.69, 9.17) is 4.74 Å². The quantitative estimate of drug-likeness (QED) is 0.773. The van der Waals surface area contributed by atoms with Crippen LogP contribution in [-0.4, -0.2) is 40.2 Å². The summed E-state index contributed by atoms with van der Waals surface area (Å²) in [6.07, 6.45) is 1.92. The van der Waals surface area contributed by atoms with Gasteiger partial charge in [-0.1, -0.05) is 6.07 Å². The van der Waals surface area contributed by atoms with Crippen molar-refractivity contribution in [2.75, 3.05) is 16.8 Å². The van der Waals surface area contributed by atoms with Crippen LogP contribution in [-0.2, 0) is 14.3 Å². The maximum atomic E-state index is 12.5. The fourth-order valence-electron chi connectivity index (χ4n) is 3.06. The summed E-state index contributed by atoms with van der Waals surface area (Å²) in [6.45, 7) is 6.05. The van der Waals surface area contributed by atoms with Crippen LogP contribution < -0.4 is 10.2 Å². The fourth-order valence-corrected chi connectivity index (χ4v) is 3.06. The average molecular weight is 384 g/mol. The van der Waals surface area contributed by atoms with Crippen LogP contribution in [0, 0.1) is 0 Å². The maximum absolute atomic E-state index is 12.5. The normalized spacial score (nSPS) is 15.0. The largest absolute Gasteiger partial charge is 0.449 e. The van der Waals surface area contributed by atoms with Crippen molar-refractivity contribution < 1.29 is 19.1 Å². The zero-order valence-corrected chi connectivity index (χ0v) is 16.2. The van der Waals surface area contributed by atoms with E-state index in [-0.39, 0.29) is 11.9 Å². The number of nitrogens with one attached hydrogen (secondary N) is 1. The Labute approximate surface area is 163 Å². The molecule has 8 nitrogen and oxygen atoms in total. The molecule has 1 atom stereocenters. The molecule has 0 unspecified atom stereocenters. The van der Waals surface area contributed by atoms with Crippen molar-refractivity contribution in [1.29, 1.82) is 0 Å². The van der Waals surface area contributed by atoms with E-state index in [0.29, 0.717) is 30.0 Å². The van der Waals surface area contributed by atoms with Crippen molar-refractivity contribution in [2.24, 2.45) is 0 Å². The molecule has 0 spiro atoms. The van der Waals surface area contributed by atoms with Gasteiger partial charge in [0.05, 0.1) is 11.8 Å². The lowest BCUT2D eigenvalue weighted by Gasteiger charge is -2.18. The molecule has 28 heavy (non-hydrogen) atoms. The molecule has 1 aromatic heterocycles. The fraction of sp³-hybridized carbons (Fsp3) is 0.400. The van der Waals surface area contributed by atoms with Crippen molar-refractivity contribution in [1.82, 2.24) is 9.78 Å². The number of rotatable bonds is 6. The van der Waals surface area contributed by atoms with Crippen molar-refractivity contribution in [3.05, 3.63) is 42.1 Å². The molecule has 2 aromatic rings. The van der Waals surface area contributed by atoms with Gasteiger partial charge in [0.25, 0.3) is 5.91 Å². The number of aromatic nitrogens is 2. The molecule has 1 N–H and O–H groups in total. The first kappa shape index (κ1) is 19.6. The Balaban J connectivity index is 1.64. The molecule has 1 aliphatic rings. The highest BCUT2D eigenvalue weighted by atomic mass is 16.5. The minimum absolute atomic E-state index is 0.0417. The number of benzene rings is 1. The molecular formula is C20H24N4O4. The third kappa shape index (κ3) is 4.21. The molecule has 1 aliphatic heterocycles. The second-order valence-corrected chi connectivity index (χ2v) is 6.99. The smallest absolute Gasteiger partial charge is 0.338 e. The van der Waals surface area contributed by atoms with Crippen LogP contribution in [0.25, 0.3) is 0 Å². The molecule has 0 radical (unpaired) electrons. The summed E-state index contributed by atoms with van der Waals surface area (Å²) < 4.78 is 6.98. The monoisotopic (exact) mass is 384 g/mol. The summed E-state index contributed by atoms with van der Waals surface area (Å²) in [5.74, 6) is -0.479. The Morgan fingerprint density at radius 1 is 1.21 bits per heavy atom. The molecule has 1 aromatic carbocycles. The zero-order valence-electron chi connectivity index (χ0n) is 16.2. The minimum Gasteiger partial charge on any atom is -0.449 e. The first-order valence-electron chi connectivity index (χ1n) is 9.32. The number of ether oxygens (including phenoxy) is 1. The summed E-state index contributed by atoms with van der Waals surface area (Å²) in [5, 5.41) is 6.87. The third-order valence-electron chi connectivity index (χ3n) is 4.53. The molecule has 0 saturated carbocycles. The Morgan fingerprint density at radius 2 is 2.00 bits per heavy atom. The van der Waals surface area contributed by atoms with Crippen molar-refractivity contribution in [3.8, 4) is 0 Å². The average Bonchev–Trinajstić information content (AvgIpc) is 3.30. The molecule has 1 fully saturated rings. The van der Waals surface area contributed by atoms with E-state index < -0.39 is 18.0 Å². The minimum atomic E-state index is -0.986. The molecule has 8 heteroatoms. The van der Waals surface area contributed by atoms with Gasteiger partial charge in [0.15, 0.2) is 6.10 Å². The number of esters is 1. The lowest BCUT2D eigenvalue weighted by molar-refractivity contribution is -0.123. The van der Waals surface area contributed by atoms with Gasteiger partial charge in [-0.05, 0) is 45.4 Å². The number of hydrogen-bond acceptors (Lipinski definition) is 5. The Bertz CT molecular complexity index is 890. The van der Waals surface area contributed by atoms with Crippen LogP contribution in [0.1, 0.15) is 50.0 Å². The number of hydrogen-bond donors (Lipinski definition) is 1. The summed E-state index contributed by atoms with van der Waals surface area (Å²) in [7, 11) is 0. The summed E-state index contributed by atoms with van der Waals surface area (Å²) >= 11 is 0. The van der Waals surface area contributed by atoms with Gasteiger partial charge in [0.1, 0.15) is 5.82 Å². The van der Waals surface area contributed by atoms with Gasteiger partial charge in [0, 0.05) is 30.8 Å². The summed E-state index contributed by atoms with van der Waals surface area (Å²) in [5.41, 5.74) is 0.957. The van der Waals surface area contributed by atoms with Crippen molar-refractivity contribution in [3.63, 3.8) is 0 Å². The molecular weight excluding hydrogens is 360 g/mol. The molecule has 0 bridgehead atoms. The number of anilines is 2.